The second kappa shape index (κ2) is 13.2. The van der Waals surface area contributed by atoms with Crippen LogP contribution in [0.5, 0.6) is 0 Å². The van der Waals surface area contributed by atoms with E-state index in [0.29, 0.717) is 12.0 Å². The fraction of sp³-hybridized carbons (Fsp3) is 0.650. The fourth-order valence-electron chi connectivity index (χ4n) is 3.39. The van der Waals surface area contributed by atoms with Gasteiger partial charge in [0.25, 0.3) is 0 Å². The van der Waals surface area contributed by atoms with Crippen LogP contribution in [0.4, 0.5) is 0 Å². The maximum absolute atomic E-state index is 5.60. The van der Waals surface area contributed by atoms with Crippen molar-refractivity contribution in [3.8, 4) is 0 Å². The molecule has 1 aliphatic carbocycles. The summed E-state index contributed by atoms with van der Waals surface area (Å²) in [6.45, 7) is 9.82. The van der Waals surface area contributed by atoms with E-state index in [1.807, 2.05) is 18.2 Å². The molecule has 1 aromatic rings. The van der Waals surface area contributed by atoms with E-state index >= 15 is 0 Å². The molecule has 26 heavy (non-hydrogen) atoms. The molecule has 0 aromatic carbocycles. The molecule has 1 saturated carbocycles. The maximum Gasteiger partial charge on any atom is 0.191 e. The Hall–Kier alpha value is -1.02. The van der Waals surface area contributed by atoms with Crippen LogP contribution < -0.4 is 10.6 Å². The molecule has 0 atom stereocenters. The Balaban J connectivity index is 0.00000338. The molecule has 0 saturated heterocycles. The van der Waals surface area contributed by atoms with Gasteiger partial charge in [-0.25, -0.2) is 0 Å². The molecule has 1 aromatic heterocycles. The average molecular weight is 475 g/mol. The van der Waals surface area contributed by atoms with Gasteiger partial charge in [0.2, 0.25) is 0 Å². The third kappa shape index (κ3) is 8.12. The van der Waals surface area contributed by atoms with Crippen LogP contribution in [0.2, 0.25) is 0 Å². The lowest BCUT2D eigenvalue weighted by atomic mass is 9.83. The quantitative estimate of drug-likeness (QED) is 0.166. The van der Waals surface area contributed by atoms with E-state index in [4.69, 9.17) is 14.1 Å². The zero-order valence-electron chi connectivity index (χ0n) is 16.0. The van der Waals surface area contributed by atoms with E-state index in [1.54, 1.807) is 6.26 Å². The number of ether oxygens (including phenoxy) is 1. The molecule has 0 amide bonds. The smallest absolute Gasteiger partial charge is 0.191 e. The molecule has 0 aliphatic heterocycles. The zero-order valence-corrected chi connectivity index (χ0v) is 18.3. The molecule has 0 bridgehead atoms. The van der Waals surface area contributed by atoms with Gasteiger partial charge in [-0.15, -0.1) is 30.6 Å². The predicted molar refractivity (Wildman–Crippen MR) is 118 cm³/mol. The largest absolute Gasteiger partial charge is 0.469 e. The Labute approximate surface area is 175 Å². The highest BCUT2D eigenvalue weighted by atomic mass is 127. The minimum Gasteiger partial charge on any atom is -0.469 e. The first-order valence-electron chi connectivity index (χ1n) is 9.51. The predicted octanol–water partition coefficient (Wildman–Crippen LogP) is 4.15. The topological polar surface area (TPSA) is 58.8 Å². The second-order valence-electron chi connectivity index (χ2n) is 6.74. The van der Waals surface area contributed by atoms with Crippen LogP contribution in [-0.2, 0) is 11.2 Å². The van der Waals surface area contributed by atoms with Gasteiger partial charge >= 0.3 is 0 Å². The Morgan fingerprint density at radius 1 is 1.38 bits per heavy atom. The van der Waals surface area contributed by atoms with Gasteiger partial charge < -0.3 is 19.8 Å². The monoisotopic (exact) mass is 475 g/mol. The van der Waals surface area contributed by atoms with E-state index in [2.05, 4.69) is 24.1 Å². The SMILES string of the molecule is C=CCNC(=NCC1(CCOCC)CCCC1)NCCc1ccco1.I. The summed E-state index contributed by atoms with van der Waals surface area (Å²) >= 11 is 0. The fourth-order valence-corrected chi connectivity index (χ4v) is 3.39. The third-order valence-corrected chi connectivity index (χ3v) is 4.88. The van der Waals surface area contributed by atoms with Crippen molar-refractivity contribution in [2.24, 2.45) is 10.4 Å². The van der Waals surface area contributed by atoms with E-state index in [-0.39, 0.29) is 24.0 Å². The van der Waals surface area contributed by atoms with Gasteiger partial charge in [-0.2, -0.15) is 0 Å². The first kappa shape index (κ1) is 23.0. The standard InChI is InChI=1S/C20H33N3O2.HI/c1-3-13-21-19(22-14-9-18-8-7-15-25-18)23-17-20(10-5-6-11-20)12-16-24-4-2;/h3,7-8,15H,1,4-6,9-14,16-17H2,2H3,(H2,21,22,23);1H. The van der Waals surface area contributed by atoms with Crippen LogP contribution in [0.1, 0.15) is 44.8 Å². The molecule has 6 heteroatoms. The first-order valence-corrected chi connectivity index (χ1v) is 9.51. The van der Waals surface area contributed by atoms with Crippen molar-refractivity contribution in [1.29, 1.82) is 0 Å². The van der Waals surface area contributed by atoms with Crippen molar-refractivity contribution in [2.75, 3.05) is 32.8 Å². The summed E-state index contributed by atoms with van der Waals surface area (Å²) in [5.74, 6) is 1.84. The molecular weight excluding hydrogens is 441 g/mol. The number of guanidine groups is 1. The number of hydrogen-bond acceptors (Lipinski definition) is 3. The van der Waals surface area contributed by atoms with Crippen molar-refractivity contribution < 1.29 is 9.15 Å². The molecule has 2 N–H and O–H groups in total. The minimum absolute atomic E-state index is 0. The molecule has 0 spiro atoms. The lowest BCUT2D eigenvalue weighted by molar-refractivity contribution is 0.107. The lowest BCUT2D eigenvalue weighted by Gasteiger charge is -2.27. The molecule has 1 aliphatic rings. The number of hydrogen-bond donors (Lipinski definition) is 2. The molecule has 2 rings (SSSR count). The second-order valence-corrected chi connectivity index (χ2v) is 6.74. The highest BCUT2D eigenvalue weighted by molar-refractivity contribution is 14.0. The number of halogens is 1. The van der Waals surface area contributed by atoms with Crippen LogP contribution in [-0.4, -0.2) is 38.8 Å². The van der Waals surface area contributed by atoms with Gasteiger partial charge in [0.15, 0.2) is 5.96 Å². The number of rotatable bonds is 11. The van der Waals surface area contributed by atoms with Crippen LogP contribution in [0.15, 0.2) is 40.5 Å². The molecule has 1 fully saturated rings. The van der Waals surface area contributed by atoms with Crippen LogP contribution in [0, 0.1) is 5.41 Å². The highest BCUT2D eigenvalue weighted by Gasteiger charge is 2.33. The molecule has 0 unspecified atom stereocenters. The van der Waals surface area contributed by atoms with Crippen LogP contribution >= 0.6 is 24.0 Å². The molecule has 5 nitrogen and oxygen atoms in total. The van der Waals surface area contributed by atoms with Crippen LogP contribution in [0.3, 0.4) is 0 Å². The highest BCUT2D eigenvalue weighted by Crippen LogP contribution is 2.41. The lowest BCUT2D eigenvalue weighted by Crippen LogP contribution is -2.39. The van der Waals surface area contributed by atoms with Gasteiger partial charge in [-0.05, 0) is 43.7 Å². The van der Waals surface area contributed by atoms with Crippen molar-refractivity contribution >= 4 is 29.9 Å². The number of furan rings is 1. The van der Waals surface area contributed by atoms with Gasteiger partial charge in [-0.3, -0.25) is 4.99 Å². The molecular formula is C20H34IN3O2. The van der Waals surface area contributed by atoms with E-state index in [1.165, 1.54) is 25.7 Å². The normalized spacial score (nSPS) is 16.1. The molecule has 0 radical (unpaired) electrons. The van der Waals surface area contributed by atoms with Gasteiger partial charge in [-0.1, -0.05) is 18.9 Å². The van der Waals surface area contributed by atoms with Crippen LogP contribution in [0.25, 0.3) is 0 Å². The number of nitrogens with zero attached hydrogens (tertiary/aromatic N) is 1. The van der Waals surface area contributed by atoms with Gasteiger partial charge in [0.05, 0.1) is 6.26 Å². The van der Waals surface area contributed by atoms with Crippen molar-refractivity contribution in [3.05, 3.63) is 36.8 Å². The number of aliphatic imine (C=N–C) groups is 1. The summed E-state index contributed by atoms with van der Waals surface area (Å²) in [6.07, 6.45) is 10.6. The van der Waals surface area contributed by atoms with Crippen molar-refractivity contribution in [3.63, 3.8) is 0 Å². The van der Waals surface area contributed by atoms with E-state index < -0.39 is 0 Å². The summed E-state index contributed by atoms with van der Waals surface area (Å²) in [5, 5.41) is 6.72. The van der Waals surface area contributed by atoms with Gasteiger partial charge in [0, 0.05) is 39.3 Å². The van der Waals surface area contributed by atoms with Crippen molar-refractivity contribution in [2.45, 2.75) is 45.4 Å². The minimum atomic E-state index is 0. The van der Waals surface area contributed by atoms with Crippen molar-refractivity contribution in [1.82, 2.24) is 10.6 Å². The maximum atomic E-state index is 5.60. The molecule has 1 heterocycles. The zero-order chi connectivity index (χ0) is 17.8. The summed E-state index contributed by atoms with van der Waals surface area (Å²) in [4.78, 5) is 4.87. The summed E-state index contributed by atoms with van der Waals surface area (Å²) in [7, 11) is 0. The Morgan fingerprint density at radius 3 is 2.85 bits per heavy atom. The Kier molecular flexibility index (Phi) is 11.7. The Morgan fingerprint density at radius 2 is 2.19 bits per heavy atom. The first-order chi connectivity index (χ1) is 12.3. The average Bonchev–Trinajstić information content (AvgIpc) is 3.30. The summed E-state index contributed by atoms with van der Waals surface area (Å²) in [5.41, 5.74) is 0.305. The van der Waals surface area contributed by atoms with E-state index in [9.17, 15) is 0 Å². The summed E-state index contributed by atoms with van der Waals surface area (Å²) in [6, 6.07) is 3.92. The summed E-state index contributed by atoms with van der Waals surface area (Å²) < 4.78 is 11.0. The van der Waals surface area contributed by atoms with E-state index in [0.717, 1.165) is 50.9 Å². The molecule has 148 valence electrons. The number of nitrogens with one attached hydrogen (secondary N) is 2. The third-order valence-electron chi connectivity index (χ3n) is 4.88. The van der Waals surface area contributed by atoms with Gasteiger partial charge in [0.1, 0.15) is 5.76 Å². The Bertz CT molecular complexity index is 511.